The van der Waals surface area contributed by atoms with Gasteiger partial charge in [-0.1, -0.05) is 36.4 Å². The third-order valence-corrected chi connectivity index (χ3v) is 5.69. The van der Waals surface area contributed by atoms with Gasteiger partial charge in [0.15, 0.2) is 11.5 Å². The fourth-order valence-electron chi connectivity index (χ4n) is 3.85. The summed E-state index contributed by atoms with van der Waals surface area (Å²) in [5.41, 5.74) is 11.8. The normalized spacial score (nSPS) is 15.8. The SMILES string of the molecule is [NH]Cc1cccc(-c2cccc(NC(=O)C3(c4ccc5c(c4)OCO5)CC3)c2)c1. The van der Waals surface area contributed by atoms with E-state index in [4.69, 9.17) is 15.2 Å². The Morgan fingerprint density at radius 3 is 2.48 bits per heavy atom. The standard InChI is InChI=1S/C24H21N2O3/c25-14-16-3-1-4-17(11-16)18-5-2-6-20(12-18)26-23(27)24(9-10-24)19-7-8-21-22(13-19)29-15-28-21/h1-8,11-13,25H,9-10,14-15H2,(H,26,27). The number of anilines is 1. The molecule has 0 aromatic heterocycles. The van der Waals surface area contributed by atoms with E-state index in [0.29, 0.717) is 5.75 Å². The molecule has 0 unspecified atom stereocenters. The summed E-state index contributed by atoms with van der Waals surface area (Å²) < 4.78 is 10.9. The van der Waals surface area contributed by atoms with Gasteiger partial charge in [-0.25, -0.2) is 0 Å². The summed E-state index contributed by atoms with van der Waals surface area (Å²) >= 11 is 0. The highest BCUT2D eigenvalue weighted by molar-refractivity contribution is 6.01. The number of amides is 1. The topological polar surface area (TPSA) is 71.4 Å². The molecule has 1 amide bonds. The van der Waals surface area contributed by atoms with E-state index in [-0.39, 0.29) is 19.2 Å². The number of carbonyl (C=O) groups excluding carboxylic acids is 1. The zero-order valence-corrected chi connectivity index (χ0v) is 15.9. The summed E-state index contributed by atoms with van der Waals surface area (Å²) in [6.07, 6.45) is 1.65. The highest BCUT2D eigenvalue weighted by Crippen LogP contribution is 2.51. The lowest BCUT2D eigenvalue weighted by Gasteiger charge is -2.17. The molecule has 145 valence electrons. The molecule has 2 N–H and O–H groups in total. The Morgan fingerprint density at radius 2 is 1.69 bits per heavy atom. The van der Waals surface area contributed by atoms with Crippen LogP contribution in [0, 0.1) is 0 Å². The van der Waals surface area contributed by atoms with Crippen LogP contribution in [-0.2, 0) is 16.8 Å². The minimum atomic E-state index is -0.498. The van der Waals surface area contributed by atoms with Gasteiger partial charge in [0.25, 0.3) is 0 Å². The fourth-order valence-corrected chi connectivity index (χ4v) is 3.85. The van der Waals surface area contributed by atoms with Gasteiger partial charge in [0, 0.05) is 12.2 Å². The third kappa shape index (κ3) is 3.23. The number of nitrogens with one attached hydrogen (secondary N) is 2. The van der Waals surface area contributed by atoms with Gasteiger partial charge in [-0.3, -0.25) is 10.5 Å². The number of ether oxygens (including phenoxy) is 2. The first kappa shape index (κ1) is 17.8. The van der Waals surface area contributed by atoms with Gasteiger partial charge < -0.3 is 14.8 Å². The molecule has 1 fully saturated rings. The lowest BCUT2D eigenvalue weighted by atomic mass is 9.94. The lowest BCUT2D eigenvalue weighted by Crippen LogP contribution is -2.27. The third-order valence-electron chi connectivity index (χ3n) is 5.69. The molecule has 2 aliphatic rings. The molecule has 0 atom stereocenters. The molecule has 1 saturated carbocycles. The molecule has 0 spiro atoms. The van der Waals surface area contributed by atoms with Crippen molar-refractivity contribution >= 4 is 11.6 Å². The van der Waals surface area contributed by atoms with Gasteiger partial charge >= 0.3 is 0 Å². The van der Waals surface area contributed by atoms with Crippen LogP contribution in [0.3, 0.4) is 0 Å². The fraction of sp³-hybridized carbons (Fsp3) is 0.208. The Hall–Kier alpha value is -3.31. The second-order valence-corrected chi connectivity index (χ2v) is 7.56. The molecule has 0 saturated heterocycles. The van der Waals surface area contributed by atoms with E-state index < -0.39 is 5.41 Å². The minimum Gasteiger partial charge on any atom is -0.454 e. The van der Waals surface area contributed by atoms with E-state index in [1.807, 2.05) is 66.7 Å². The summed E-state index contributed by atoms with van der Waals surface area (Å²) in [6.45, 7) is 0.481. The van der Waals surface area contributed by atoms with Crippen LogP contribution < -0.4 is 20.5 Å². The van der Waals surface area contributed by atoms with Crippen LogP contribution in [0.25, 0.3) is 11.1 Å². The first-order valence-corrected chi connectivity index (χ1v) is 9.73. The van der Waals surface area contributed by atoms with E-state index >= 15 is 0 Å². The molecule has 1 radical (unpaired) electrons. The van der Waals surface area contributed by atoms with Crippen molar-refractivity contribution in [1.29, 1.82) is 0 Å². The number of rotatable bonds is 5. The smallest absolute Gasteiger partial charge is 0.235 e. The van der Waals surface area contributed by atoms with Gasteiger partial charge in [0.2, 0.25) is 12.7 Å². The molecule has 0 bridgehead atoms. The Labute approximate surface area is 169 Å². The maximum absolute atomic E-state index is 13.1. The molecule has 5 heteroatoms. The molecular formula is C24H21N2O3. The summed E-state index contributed by atoms with van der Waals surface area (Å²) in [5.74, 6) is 1.44. The average Bonchev–Trinajstić information content (AvgIpc) is 3.45. The molecule has 1 heterocycles. The lowest BCUT2D eigenvalue weighted by molar-refractivity contribution is -0.118. The second-order valence-electron chi connectivity index (χ2n) is 7.56. The largest absolute Gasteiger partial charge is 0.454 e. The number of fused-ring (bicyclic) bond motifs is 1. The van der Waals surface area contributed by atoms with Gasteiger partial charge in [-0.2, -0.15) is 0 Å². The average molecular weight is 385 g/mol. The Morgan fingerprint density at radius 1 is 0.931 bits per heavy atom. The minimum absolute atomic E-state index is 0.00780. The second kappa shape index (κ2) is 6.94. The van der Waals surface area contributed by atoms with Crippen LogP contribution in [0.15, 0.2) is 66.7 Å². The highest BCUT2D eigenvalue weighted by atomic mass is 16.7. The molecule has 1 aliphatic heterocycles. The van der Waals surface area contributed by atoms with Crippen molar-refractivity contribution in [2.24, 2.45) is 0 Å². The summed E-state index contributed by atoms with van der Waals surface area (Å²) in [4.78, 5) is 13.1. The van der Waals surface area contributed by atoms with Crippen molar-refractivity contribution in [3.05, 3.63) is 77.9 Å². The van der Waals surface area contributed by atoms with E-state index in [9.17, 15) is 4.79 Å². The highest BCUT2D eigenvalue weighted by Gasteiger charge is 2.51. The van der Waals surface area contributed by atoms with Crippen molar-refractivity contribution in [2.75, 3.05) is 12.1 Å². The number of carbonyl (C=O) groups is 1. The molecule has 1 aliphatic carbocycles. The van der Waals surface area contributed by atoms with Crippen molar-refractivity contribution in [3.63, 3.8) is 0 Å². The van der Waals surface area contributed by atoms with E-state index in [2.05, 4.69) is 5.32 Å². The summed E-state index contributed by atoms with van der Waals surface area (Å²) in [6, 6.07) is 21.6. The van der Waals surface area contributed by atoms with Gasteiger partial charge in [0.05, 0.1) is 5.41 Å². The monoisotopic (exact) mass is 385 g/mol. The first-order valence-electron chi connectivity index (χ1n) is 9.73. The Bertz CT molecular complexity index is 1090. The van der Waals surface area contributed by atoms with Crippen LogP contribution in [-0.4, -0.2) is 12.7 Å². The van der Waals surface area contributed by atoms with Crippen LogP contribution in [0.1, 0.15) is 24.0 Å². The van der Waals surface area contributed by atoms with Gasteiger partial charge in [-0.05, 0) is 65.4 Å². The summed E-state index contributed by atoms with van der Waals surface area (Å²) in [7, 11) is 0. The van der Waals surface area contributed by atoms with Crippen LogP contribution in [0.5, 0.6) is 11.5 Å². The van der Waals surface area contributed by atoms with E-state index in [1.165, 1.54) is 0 Å². The van der Waals surface area contributed by atoms with Crippen molar-refractivity contribution < 1.29 is 14.3 Å². The molecule has 3 aromatic carbocycles. The van der Waals surface area contributed by atoms with Crippen LogP contribution in [0.2, 0.25) is 0 Å². The number of hydrogen-bond donors (Lipinski definition) is 1. The van der Waals surface area contributed by atoms with Gasteiger partial charge in [0.1, 0.15) is 0 Å². The van der Waals surface area contributed by atoms with Crippen molar-refractivity contribution in [3.8, 4) is 22.6 Å². The molecule has 5 nitrogen and oxygen atoms in total. The quantitative estimate of drug-likeness (QED) is 0.701. The molecular weight excluding hydrogens is 364 g/mol. The first-order chi connectivity index (χ1) is 14.2. The zero-order valence-electron chi connectivity index (χ0n) is 15.9. The molecule has 3 aromatic rings. The van der Waals surface area contributed by atoms with Gasteiger partial charge in [-0.15, -0.1) is 0 Å². The number of benzene rings is 3. The predicted octanol–water partition coefficient (Wildman–Crippen LogP) is 4.54. The Balaban J connectivity index is 1.38. The zero-order chi connectivity index (χ0) is 19.8. The van der Waals surface area contributed by atoms with E-state index in [0.717, 1.165) is 46.5 Å². The molecule has 29 heavy (non-hydrogen) atoms. The van der Waals surface area contributed by atoms with Crippen molar-refractivity contribution in [1.82, 2.24) is 5.73 Å². The van der Waals surface area contributed by atoms with Crippen molar-refractivity contribution in [2.45, 2.75) is 24.8 Å². The van der Waals surface area contributed by atoms with E-state index in [1.54, 1.807) is 0 Å². The number of hydrogen-bond acceptors (Lipinski definition) is 3. The molecule has 5 rings (SSSR count). The van der Waals surface area contributed by atoms with Crippen LogP contribution in [0.4, 0.5) is 5.69 Å². The van der Waals surface area contributed by atoms with Crippen LogP contribution >= 0.6 is 0 Å². The summed E-state index contributed by atoms with van der Waals surface area (Å²) in [5, 5.41) is 3.10. The maximum Gasteiger partial charge on any atom is 0.235 e. The predicted molar refractivity (Wildman–Crippen MR) is 111 cm³/mol. The Kier molecular flexibility index (Phi) is 4.25. The maximum atomic E-state index is 13.1.